The molecule has 0 saturated carbocycles. The number of aliphatic hydroxyl groups is 1. The maximum atomic E-state index is 11.4. The van der Waals surface area contributed by atoms with Crippen molar-refractivity contribution in [1.29, 1.82) is 0 Å². The summed E-state index contributed by atoms with van der Waals surface area (Å²) in [5.41, 5.74) is 5.35. The van der Waals surface area contributed by atoms with Crippen LogP contribution in [0, 0.1) is 5.92 Å². The lowest BCUT2D eigenvalue weighted by molar-refractivity contribution is -0.124. The average Bonchev–Trinajstić information content (AvgIpc) is 2.13. The molecule has 0 aromatic carbocycles. The standard InChI is InChI=1S/C10H22N2O2/c1-8(4-3-6-11)10(14)12-7-5-9(2)13/h8-9,13H,3-7,11H2,1-2H3,(H,12,14). The van der Waals surface area contributed by atoms with Gasteiger partial charge in [-0.15, -0.1) is 0 Å². The molecule has 0 heterocycles. The van der Waals surface area contributed by atoms with Crippen LogP contribution in [-0.4, -0.2) is 30.2 Å². The number of hydrogen-bond acceptors (Lipinski definition) is 3. The Morgan fingerprint density at radius 3 is 2.57 bits per heavy atom. The third-order valence-electron chi connectivity index (χ3n) is 2.15. The van der Waals surface area contributed by atoms with Gasteiger partial charge in [-0.2, -0.15) is 0 Å². The summed E-state index contributed by atoms with van der Waals surface area (Å²) in [5.74, 6) is 0.0756. The molecule has 0 aliphatic rings. The van der Waals surface area contributed by atoms with Crippen LogP contribution < -0.4 is 11.1 Å². The van der Waals surface area contributed by atoms with Gasteiger partial charge in [-0.05, 0) is 32.7 Å². The summed E-state index contributed by atoms with van der Waals surface area (Å²) in [6.07, 6.45) is 1.96. The van der Waals surface area contributed by atoms with Crippen LogP contribution in [0.1, 0.15) is 33.1 Å². The highest BCUT2D eigenvalue weighted by molar-refractivity contribution is 5.78. The number of carbonyl (C=O) groups excluding carboxylic acids is 1. The Balaban J connectivity index is 3.52. The zero-order valence-corrected chi connectivity index (χ0v) is 9.12. The molecule has 0 bridgehead atoms. The third-order valence-corrected chi connectivity index (χ3v) is 2.15. The average molecular weight is 202 g/mol. The smallest absolute Gasteiger partial charge is 0.222 e. The minimum Gasteiger partial charge on any atom is -0.393 e. The highest BCUT2D eigenvalue weighted by Gasteiger charge is 2.11. The van der Waals surface area contributed by atoms with Crippen molar-refractivity contribution < 1.29 is 9.90 Å². The number of aliphatic hydroxyl groups excluding tert-OH is 1. The van der Waals surface area contributed by atoms with E-state index in [2.05, 4.69) is 5.32 Å². The lowest BCUT2D eigenvalue weighted by Gasteiger charge is -2.12. The molecule has 4 nitrogen and oxygen atoms in total. The largest absolute Gasteiger partial charge is 0.393 e. The SMILES string of the molecule is CC(O)CCNC(=O)C(C)CCCN. The van der Waals surface area contributed by atoms with E-state index in [-0.39, 0.29) is 17.9 Å². The van der Waals surface area contributed by atoms with Crippen LogP contribution in [0.25, 0.3) is 0 Å². The van der Waals surface area contributed by atoms with Gasteiger partial charge in [0.05, 0.1) is 6.10 Å². The molecule has 0 fully saturated rings. The lowest BCUT2D eigenvalue weighted by Crippen LogP contribution is -2.31. The predicted octanol–water partition coefficient (Wildman–Crippen LogP) is 0.249. The number of hydrogen-bond donors (Lipinski definition) is 3. The molecule has 4 heteroatoms. The van der Waals surface area contributed by atoms with E-state index < -0.39 is 0 Å². The van der Waals surface area contributed by atoms with Gasteiger partial charge in [-0.1, -0.05) is 6.92 Å². The van der Waals surface area contributed by atoms with Gasteiger partial charge < -0.3 is 16.2 Å². The van der Waals surface area contributed by atoms with Crippen LogP contribution in [0.5, 0.6) is 0 Å². The van der Waals surface area contributed by atoms with Crippen molar-refractivity contribution in [1.82, 2.24) is 5.32 Å². The zero-order valence-electron chi connectivity index (χ0n) is 9.12. The molecule has 0 rings (SSSR count). The molecular weight excluding hydrogens is 180 g/mol. The van der Waals surface area contributed by atoms with Gasteiger partial charge in [0.25, 0.3) is 0 Å². The van der Waals surface area contributed by atoms with Crippen LogP contribution >= 0.6 is 0 Å². The van der Waals surface area contributed by atoms with E-state index in [4.69, 9.17) is 10.8 Å². The van der Waals surface area contributed by atoms with E-state index in [1.54, 1.807) is 6.92 Å². The van der Waals surface area contributed by atoms with Crippen LogP contribution in [-0.2, 0) is 4.79 Å². The molecule has 0 aliphatic carbocycles. The number of carbonyl (C=O) groups is 1. The van der Waals surface area contributed by atoms with Crippen LogP contribution in [0.4, 0.5) is 0 Å². The molecule has 2 unspecified atom stereocenters. The quantitative estimate of drug-likeness (QED) is 0.554. The van der Waals surface area contributed by atoms with Gasteiger partial charge >= 0.3 is 0 Å². The summed E-state index contributed by atoms with van der Waals surface area (Å²) < 4.78 is 0. The topological polar surface area (TPSA) is 75.3 Å². The first-order valence-corrected chi connectivity index (χ1v) is 5.23. The molecule has 4 N–H and O–H groups in total. The molecule has 14 heavy (non-hydrogen) atoms. The fourth-order valence-corrected chi connectivity index (χ4v) is 1.13. The van der Waals surface area contributed by atoms with E-state index in [9.17, 15) is 4.79 Å². The number of amides is 1. The monoisotopic (exact) mass is 202 g/mol. The van der Waals surface area contributed by atoms with Gasteiger partial charge in [-0.25, -0.2) is 0 Å². The number of nitrogens with two attached hydrogens (primary N) is 1. The molecule has 2 atom stereocenters. The fraction of sp³-hybridized carbons (Fsp3) is 0.900. The highest BCUT2D eigenvalue weighted by atomic mass is 16.3. The first-order chi connectivity index (χ1) is 6.57. The van der Waals surface area contributed by atoms with E-state index in [0.717, 1.165) is 12.8 Å². The van der Waals surface area contributed by atoms with Crippen molar-refractivity contribution in [2.24, 2.45) is 11.7 Å². The number of nitrogens with one attached hydrogen (secondary N) is 1. The van der Waals surface area contributed by atoms with Crippen molar-refractivity contribution in [2.75, 3.05) is 13.1 Å². The Morgan fingerprint density at radius 2 is 2.07 bits per heavy atom. The van der Waals surface area contributed by atoms with Crippen molar-refractivity contribution in [2.45, 2.75) is 39.2 Å². The van der Waals surface area contributed by atoms with E-state index in [1.807, 2.05) is 6.92 Å². The molecule has 0 aromatic heterocycles. The van der Waals surface area contributed by atoms with Crippen molar-refractivity contribution in [3.8, 4) is 0 Å². The van der Waals surface area contributed by atoms with E-state index in [0.29, 0.717) is 19.5 Å². The molecule has 0 aliphatic heterocycles. The Hall–Kier alpha value is -0.610. The maximum absolute atomic E-state index is 11.4. The van der Waals surface area contributed by atoms with Gasteiger partial charge in [0, 0.05) is 12.5 Å². The second-order valence-electron chi connectivity index (χ2n) is 3.76. The predicted molar refractivity (Wildman–Crippen MR) is 56.8 cm³/mol. The minimum atomic E-state index is -0.352. The second kappa shape index (κ2) is 7.76. The Labute approximate surface area is 85.9 Å². The summed E-state index contributed by atoms with van der Waals surface area (Å²) in [6.45, 7) is 4.78. The molecular formula is C10H22N2O2. The van der Waals surface area contributed by atoms with Crippen molar-refractivity contribution >= 4 is 5.91 Å². The van der Waals surface area contributed by atoms with Crippen LogP contribution in [0.3, 0.4) is 0 Å². The Bertz CT molecular complexity index is 160. The normalized spacial score (nSPS) is 14.9. The summed E-state index contributed by atoms with van der Waals surface area (Å²) >= 11 is 0. The summed E-state index contributed by atoms with van der Waals surface area (Å²) in [6, 6.07) is 0. The highest BCUT2D eigenvalue weighted by Crippen LogP contribution is 2.04. The van der Waals surface area contributed by atoms with Crippen LogP contribution in [0.2, 0.25) is 0 Å². The van der Waals surface area contributed by atoms with Crippen molar-refractivity contribution in [3.63, 3.8) is 0 Å². The summed E-state index contributed by atoms with van der Waals surface area (Å²) in [4.78, 5) is 11.4. The fourth-order valence-electron chi connectivity index (χ4n) is 1.13. The molecule has 0 aromatic rings. The Kier molecular flexibility index (Phi) is 7.42. The molecule has 84 valence electrons. The molecule has 0 radical (unpaired) electrons. The molecule has 0 spiro atoms. The first kappa shape index (κ1) is 13.4. The Morgan fingerprint density at radius 1 is 1.43 bits per heavy atom. The number of rotatable bonds is 7. The van der Waals surface area contributed by atoms with Crippen molar-refractivity contribution in [3.05, 3.63) is 0 Å². The summed E-state index contributed by atoms with van der Waals surface area (Å²) in [7, 11) is 0. The van der Waals surface area contributed by atoms with Gasteiger partial charge in [0.1, 0.15) is 0 Å². The van der Waals surface area contributed by atoms with Gasteiger partial charge in [0.15, 0.2) is 0 Å². The maximum Gasteiger partial charge on any atom is 0.222 e. The second-order valence-corrected chi connectivity index (χ2v) is 3.76. The zero-order chi connectivity index (χ0) is 11.0. The van der Waals surface area contributed by atoms with Gasteiger partial charge in [-0.3, -0.25) is 4.79 Å². The molecule has 0 saturated heterocycles. The summed E-state index contributed by atoms with van der Waals surface area (Å²) in [5, 5.41) is 11.8. The van der Waals surface area contributed by atoms with Gasteiger partial charge in [0.2, 0.25) is 5.91 Å². The minimum absolute atomic E-state index is 0.0209. The molecule has 1 amide bonds. The van der Waals surface area contributed by atoms with E-state index in [1.165, 1.54) is 0 Å². The van der Waals surface area contributed by atoms with Crippen LogP contribution in [0.15, 0.2) is 0 Å². The lowest BCUT2D eigenvalue weighted by atomic mass is 10.0. The third kappa shape index (κ3) is 6.86. The van der Waals surface area contributed by atoms with E-state index >= 15 is 0 Å². The first-order valence-electron chi connectivity index (χ1n) is 5.23.